The maximum absolute atomic E-state index is 15.1. The van der Waals surface area contributed by atoms with E-state index in [0.717, 1.165) is 6.07 Å². The normalized spacial score (nSPS) is 14.3. The second-order valence-electron chi connectivity index (χ2n) is 8.73. The number of nitrogens with one attached hydrogen (secondary N) is 3. The van der Waals surface area contributed by atoms with E-state index in [1.807, 2.05) is 0 Å². The van der Waals surface area contributed by atoms with Crippen molar-refractivity contribution in [1.82, 2.24) is 10.2 Å². The molecule has 1 aliphatic rings. The van der Waals surface area contributed by atoms with E-state index in [1.54, 1.807) is 30.3 Å². The van der Waals surface area contributed by atoms with E-state index in [9.17, 15) is 22.8 Å². The molecule has 0 radical (unpaired) electrons. The SMILES string of the molecule is CC(=O)N1CC(NC(=O)Nc2ccc(Cl)cc2)(C(=O)Nc2ccc(-c3ccccc3S(N)(=O)=O)cc2F)C1. The standard InChI is InChI=1S/C25H23ClFN5O5S/c1-15(33)32-13-25(14-32,31-24(35)29-18-9-7-17(26)8-10-18)23(34)30-21-11-6-16(12-20(21)27)19-4-2-3-5-22(19)38(28,36)37/h2-12H,13-14H2,1H3,(H,30,34)(H2,28,36,37)(H2,29,31,35). The first kappa shape index (κ1) is 27.0. The van der Waals surface area contributed by atoms with Crippen LogP contribution in [0.15, 0.2) is 71.6 Å². The number of sulfonamides is 1. The Labute approximate surface area is 223 Å². The van der Waals surface area contributed by atoms with Crippen LogP contribution in [-0.4, -0.2) is 49.8 Å². The van der Waals surface area contributed by atoms with Crippen LogP contribution in [0.4, 0.5) is 20.6 Å². The second-order valence-corrected chi connectivity index (χ2v) is 10.7. The van der Waals surface area contributed by atoms with Crippen molar-refractivity contribution in [3.63, 3.8) is 0 Å². The number of carbonyl (C=O) groups excluding carboxylic acids is 3. The van der Waals surface area contributed by atoms with Gasteiger partial charge < -0.3 is 20.9 Å². The zero-order valence-electron chi connectivity index (χ0n) is 20.0. The molecule has 0 atom stereocenters. The summed E-state index contributed by atoms with van der Waals surface area (Å²) >= 11 is 5.85. The van der Waals surface area contributed by atoms with Crippen LogP contribution >= 0.6 is 11.6 Å². The number of primary sulfonamides is 1. The third-order valence-electron chi connectivity index (χ3n) is 5.98. The molecule has 0 saturated carbocycles. The van der Waals surface area contributed by atoms with Gasteiger partial charge in [-0.3, -0.25) is 9.59 Å². The predicted molar refractivity (Wildman–Crippen MR) is 140 cm³/mol. The van der Waals surface area contributed by atoms with Gasteiger partial charge in [-0.15, -0.1) is 0 Å². The van der Waals surface area contributed by atoms with Gasteiger partial charge in [0, 0.05) is 23.2 Å². The number of urea groups is 1. The first-order valence-electron chi connectivity index (χ1n) is 11.2. The van der Waals surface area contributed by atoms with Crippen LogP contribution in [0.3, 0.4) is 0 Å². The minimum absolute atomic E-state index is 0.121. The number of likely N-dealkylation sites (tertiary alicyclic amines) is 1. The summed E-state index contributed by atoms with van der Waals surface area (Å²) in [5.74, 6) is -1.88. The number of nitrogens with two attached hydrogens (primary N) is 1. The van der Waals surface area contributed by atoms with E-state index >= 15 is 4.39 Å². The molecule has 0 aliphatic carbocycles. The van der Waals surface area contributed by atoms with Crippen molar-refractivity contribution in [1.29, 1.82) is 0 Å². The van der Waals surface area contributed by atoms with Crippen LogP contribution in [0.2, 0.25) is 5.02 Å². The third kappa shape index (κ3) is 5.77. The second kappa shape index (κ2) is 10.4. The van der Waals surface area contributed by atoms with Crippen LogP contribution in [0.25, 0.3) is 11.1 Å². The smallest absolute Gasteiger partial charge is 0.320 e. The van der Waals surface area contributed by atoms with Crippen molar-refractivity contribution in [2.24, 2.45) is 5.14 Å². The Hall–Kier alpha value is -4.00. The van der Waals surface area contributed by atoms with E-state index in [2.05, 4.69) is 16.0 Å². The van der Waals surface area contributed by atoms with Gasteiger partial charge in [0.25, 0.3) is 5.91 Å². The van der Waals surface area contributed by atoms with E-state index < -0.39 is 33.3 Å². The van der Waals surface area contributed by atoms with Crippen molar-refractivity contribution < 1.29 is 27.2 Å². The number of nitrogens with zero attached hydrogens (tertiary/aromatic N) is 1. The monoisotopic (exact) mass is 559 g/mol. The Morgan fingerprint density at radius 2 is 1.66 bits per heavy atom. The number of anilines is 2. The number of carbonyl (C=O) groups is 3. The quantitative estimate of drug-likeness (QED) is 0.366. The fraction of sp³-hybridized carbons (Fsp3) is 0.160. The summed E-state index contributed by atoms with van der Waals surface area (Å²) in [5.41, 5.74) is -0.876. The Bertz CT molecular complexity index is 1530. The maximum Gasteiger partial charge on any atom is 0.320 e. The fourth-order valence-corrected chi connectivity index (χ4v) is 4.89. The van der Waals surface area contributed by atoms with E-state index in [0.29, 0.717) is 10.7 Å². The number of hydrogen-bond acceptors (Lipinski definition) is 5. The number of hydrogen-bond donors (Lipinski definition) is 4. The van der Waals surface area contributed by atoms with Crippen molar-refractivity contribution in [3.05, 3.63) is 77.6 Å². The molecule has 198 valence electrons. The topological polar surface area (TPSA) is 151 Å². The number of benzene rings is 3. The highest BCUT2D eigenvalue weighted by molar-refractivity contribution is 7.89. The van der Waals surface area contributed by atoms with Gasteiger partial charge >= 0.3 is 6.03 Å². The summed E-state index contributed by atoms with van der Waals surface area (Å²) in [5, 5.41) is 13.4. The lowest BCUT2D eigenvalue weighted by molar-refractivity contribution is -0.142. The van der Waals surface area contributed by atoms with Gasteiger partial charge in [-0.2, -0.15) is 0 Å². The van der Waals surface area contributed by atoms with Gasteiger partial charge in [0.15, 0.2) is 5.54 Å². The molecule has 5 N–H and O–H groups in total. The highest BCUT2D eigenvalue weighted by Gasteiger charge is 2.51. The molecule has 0 bridgehead atoms. The Morgan fingerprint density at radius 3 is 2.26 bits per heavy atom. The van der Waals surface area contributed by atoms with Gasteiger partial charge in [0.05, 0.1) is 23.7 Å². The molecule has 3 aromatic rings. The van der Waals surface area contributed by atoms with Crippen molar-refractivity contribution >= 4 is 50.8 Å². The van der Waals surface area contributed by atoms with Crippen molar-refractivity contribution in [3.8, 4) is 11.1 Å². The minimum atomic E-state index is -4.06. The molecule has 0 unspecified atom stereocenters. The van der Waals surface area contributed by atoms with Crippen LogP contribution in [-0.2, 0) is 19.6 Å². The zero-order chi connectivity index (χ0) is 27.7. The first-order valence-corrected chi connectivity index (χ1v) is 13.1. The van der Waals surface area contributed by atoms with Crippen molar-refractivity contribution in [2.75, 3.05) is 23.7 Å². The molecule has 38 heavy (non-hydrogen) atoms. The first-order chi connectivity index (χ1) is 17.9. The van der Waals surface area contributed by atoms with Gasteiger partial charge in [-0.05, 0) is 48.0 Å². The molecule has 0 spiro atoms. The lowest BCUT2D eigenvalue weighted by atomic mass is 9.88. The highest BCUT2D eigenvalue weighted by Crippen LogP contribution is 2.30. The summed E-state index contributed by atoms with van der Waals surface area (Å²) in [6, 6.07) is 15.2. The lowest BCUT2D eigenvalue weighted by Crippen LogP contribution is -2.76. The summed E-state index contributed by atoms with van der Waals surface area (Å²) in [6.07, 6.45) is 0. The average molecular weight is 560 g/mol. The Kier molecular flexibility index (Phi) is 7.40. The summed E-state index contributed by atoms with van der Waals surface area (Å²) < 4.78 is 38.9. The fourth-order valence-electron chi connectivity index (χ4n) is 4.00. The summed E-state index contributed by atoms with van der Waals surface area (Å²) in [4.78, 5) is 38.8. The molecular weight excluding hydrogens is 537 g/mol. The van der Waals surface area contributed by atoms with Gasteiger partial charge in [0.1, 0.15) is 5.82 Å². The van der Waals surface area contributed by atoms with Gasteiger partial charge in [-0.1, -0.05) is 35.9 Å². The van der Waals surface area contributed by atoms with Gasteiger partial charge in [0.2, 0.25) is 15.9 Å². The molecule has 4 amide bonds. The molecule has 1 heterocycles. The zero-order valence-corrected chi connectivity index (χ0v) is 21.6. The van der Waals surface area contributed by atoms with E-state index in [1.165, 1.54) is 42.2 Å². The lowest BCUT2D eigenvalue weighted by Gasteiger charge is -2.48. The van der Waals surface area contributed by atoms with Crippen LogP contribution in [0.1, 0.15) is 6.92 Å². The predicted octanol–water partition coefficient (Wildman–Crippen LogP) is 3.15. The Morgan fingerprint density at radius 1 is 1.00 bits per heavy atom. The van der Waals surface area contributed by atoms with Gasteiger partial charge in [-0.25, -0.2) is 22.7 Å². The average Bonchev–Trinajstić information content (AvgIpc) is 2.83. The molecule has 10 nitrogen and oxygen atoms in total. The molecule has 3 aromatic carbocycles. The third-order valence-corrected chi connectivity index (χ3v) is 7.20. The summed E-state index contributed by atoms with van der Waals surface area (Å²) in [7, 11) is -4.06. The number of halogens is 2. The number of rotatable bonds is 6. The molecule has 1 saturated heterocycles. The molecule has 0 aromatic heterocycles. The molecule has 1 aliphatic heterocycles. The Balaban J connectivity index is 1.54. The van der Waals surface area contributed by atoms with Crippen molar-refractivity contribution in [2.45, 2.75) is 17.4 Å². The number of amides is 4. The molecule has 13 heteroatoms. The highest BCUT2D eigenvalue weighted by atomic mass is 35.5. The molecule has 1 fully saturated rings. The van der Waals surface area contributed by atoms with Crippen LogP contribution < -0.4 is 21.1 Å². The largest absolute Gasteiger partial charge is 0.337 e. The van der Waals surface area contributed by atoms with Crippen LogP contribution in [0.5, 0.6) is 0 Å². The molecular formula is C25H23ClFN5O5S. The van der Waals surface area contributed by atoms with Crippen LogP contribution in [0, 0.1) is 5.82 Å². The minimum Gasteiger partial charge on any atom is -0.337 e. The summed E-state index contributed by atoms with van der Waals surface area (Å²) in [6.45, 7) is 1.08. The molecule has 4 rings (SSSR count). The van der Waals surface area contributed by atoms with E-state index in [4.69, 9.17) is 16.7 Å². The van der Waals surface area contributed by atoms with E-state index in [-0.39, 0.29) is 40.7 Å². The maximum atomic E-state index is 15.1.